The molecule has 1 fully saturated rings. The van der Waals surface area contributed by atoms with Crippen LogP contribution in [-0.2, 0) is 0 Å². The van der Waals surface area contributed by atoms with Gasteiger partial charge in [0.2, 0.25) is 0 Å². The number of rotatable bonds is 4. The number of aromatic nitrogens is 2. The number of para-hydroxylation sites is 1. The van der Waals surface area contributed by atoms with E-state index < -0.39 is 4.92 Å². The number of benzene rings is 2. The van der Waals surface area contributed by atoms with Crippen LogP contribution in [0.1, 0.15) is 15.9 Å². The molecule has 29 heavy (non-hydrogen) atoms. The molecule has 3 aromatic rings. The molecule has 0 unspecified atom stereocenters. The molecular formula is C21H21N5O3. The molecule has 148 valence electrons. The molecule has 1 aromatic heterocycles. The number of nitrogens with zero attached hydrogens (tertiary/aromatic N) is 4. The zero-order valence-corrected chi connectivity index (χ0v) is 16.0. The molecule has 1 N–H and O–H groups in total. The highest BCUT2D eigenvalue weighted by Crippen LogP contribution is 2.26. The van der Waals surface area contributed by atoms with Crippen molar-refractivity contribution in [1.29, 1.82) is 0 Å². The fourth-order valence-electron chi connectivity index (χ4n) is 3.66. The van der Waals surface area contributed by atoms with Gasteiger partial charge in [0.05, 0.1) is 22.4 Å². The van der Waals surface area contributed by atoms with Crippen LogP contribution < -0.4 is 4.90 Å². The first kappa shape index (κ1) is 18.7. The first-order chi connectivity index (χ1) is 14.0. The van der Waals surface area contributed by atoms with Gasteiger partial charge in [0.25, 0.3) is 11.6 Å². The average Bonchev–Trinajstić information content (AvgIpc) is 3.24. The molecule has 1 saturated heterocycles. The van der Waals surface area contributed by atoms with Crippen LogP contribution in [0.4, 0.5) is 11.4 Å². The van der Waals surface area contributed by atoms with Crippen LogP contribution in [0.2, 0.25) is 0 Å². The second-order valence-electron chi connectivity index (χ2n) is 7.03. The van der Waals surface area contributed by atoms with Crippen molar-refractivity contribution in [1.82, 2.24) is 15.1 Å². The topological polar surface area (TPSA) is 95.4 Å². The minimum atomic E-state index is -0.448. The molecule has 0 aliphatic carbocycles. The van der Waals surface area contributed by atoms with Gasteiger partial charge < -0.3 is 9.80 Å². The van der Waals surface area contributed by atoms with Gasteiger partial charge in [-0.1, -0.05) is 18.2 Å². The number of hydrogen-bond donors (Lipinski definition) is 1. The average molecular weight is 391 g/mol. The third kappa shape index (κ3) is 3.69. The van der Waals surface area contributed by atoms with Gasteiger partial charge in [-0.3, -0.25) is 20.0 Å². The third-order valence-corrected chi connectivity index (χ3v) is 5.26. The molecular weight excluding hydrogens is 370 g/mol. The number of piperazine rings is 1. The van der Waals surface area contributed by atoms with E-state index in [1.54, 1.807) is 12.1 Å². The van der Waals surface area contributed by atoms with Gasteiger partial charge in [-0.25, -0.2) is 0 Å². The normalized spacial score (nSPS) is 14.1. The number of nitro groups is 1. The molecule has 2 aromatic carbocycles. The Hall–Kier alpha value is -3.68. The van der Waals surface area contributed by atoms with E-state index in [2.05, 4.69) is 34.2 Å². The molecule has 2 heterocycles. The standard InChI is InChI=1S/C21H21N5O3/c1-15-4-2-3-5-19(15)24-10-12-25(13-11-24)21(27)18-14-22-23-20(18)16-6-8-17(9-7-16)26(28)29/h2-9,14H,10-13H2,1H3,(H,22,23). The van der Waals surface area contributed by atoms with Gasteiger partial charge >= 0.3 is 0 Å². The number of hydrogen-bond acceptors (Lipinski definition) is 5. The van der Waals surface area contributed by atoms with Gasteiger partial charge in [0.1, 0.15) is 0 Å². The van der Waals surface area contributed by atoms with Crippen LogP contribution in [-0.4, -0.2) is 52.1 Å². The van der Waals surface area contributed by atoms with Gasteiger partial charge in [-0.05, 0) is 30.7 Å². The summed E-state index contributed by atoms with van der Waals surface area (Å²) in [5.74, 6) is -0.0865. The molecule has 0 spiro atoms. The Kier molecular flexibility index (Phi) is 4.99. The zero-order valence-electron chi connectivity index (χ0n) is 16.0. The summed E-state index contributed by atoms with van der Waals surface area (Å²) >= 11 is 0. The van der Waals surface area contributed by atoms with Gasteiger partial charge in [-0.2, -0.15) is 5.10 Å². The van der Waals surface area contributed by atoms with Crippen molar-refractivity contribution >= 4 is 17.3 Å². The molecule has 4 rings (SSSR count). The first-order valence-corrected chi connectivity index (χ1v) is 9.42. The molecule has 0 radical (unpaired) electrons. The van der Waals surface area contributed by atoms with Crippen molar-refractivity contribution in [2.24, 2.45) is 0 Å². The number of aryl methyl sites for hydroxylation is 1. The van der Waals surface area contributed by atoms with E-state index in [4.69, 9.17) is 0 Å². The Labute approximate surface area is 167 Å². The molecule has 8 nitrogen and oxygen atoms in total. The molecule has 0 saturated carbocycles. The van der Waals surface area contributed by atoms with E-state index in [1.807, 2.05) is 17.0 Å². The van der Waals surface area contributed by atoms with Crippen LogP contribution in [0.15, 0.2) is 54.7 Å². The summed E-state index contributed by atoms with van der Waals surface area (Å²) in [4.78, 5) is 27.6. The van der Waals surface area contributed by atoms with E-state index in [0.29, 0.717) is 29.9 Å². The number of amides is 1. The second kappa shape index (κ2) is 7.75. The first-order valence-electron chi connectivity index (χ1n) is 9.42. The second-order valence-corrected chi connectivity index (χ2v) is 7.03. The zero-order chi connectivity index (χ0) is 20.4. The van der Waals surface area contributed by atoms with E-state index in [0.717, 1.165) is 13.1 Å². The van der Waals surface area contributed by atoms with Crippen LogP contribution in [0.3, 0.4) is 0 Å². The molecule has 1 aliphatic heterocycles. The smallest absolute Gasteiger partial charge is 0.269 e. The summed E-state index contributed by atoms with van der Waals surface area (Å²) in [7, 11) is 0. The predicted octanol–water partition coefficient (Wildman–Crippen LogP) is 3.26. The van der Waals surface area contributed by atoms with Gasteiger partial charge in [0, 0.05) is 49.6 Å². The Morgan fingerprint density at radius 3 is 2.41 bits per heavy atom. The summed E-state index contributed by atoms with van der Waals surface area (Å²) in [6, 6.07) is 14.3. The molecule has 0 atom stereocenters. The molecule has 0 bridgehead atoms. The maximum atomic E-state index is 13.1. The van der Waals surface area contributed by atoms with E-state index in [-0.39, 0.29) is 11.6 Å². The van der Waals surface area contributed by atoms with Crippen LogP contribution in [0.5, 0.6) is 0 Å². The maximum absolute atomic E-state index is 13.1. The number of aromatic amines is 1. The molecule has 8 heteroatoms. The molecule has 1 aliphatic rings. The van der Waals surface area contributed by atoms with E-state index in [1.165, 1.54) is 29.6 Å². The van der Waals surface area contributed by atoms with Crippen molar-refractivity contribution in [3.05, 3.63) is 76.0 Å². The quantitative estimate of drug-likeness (QED) is 0.544. The van der Waals surface area contributed by atoms with Crippen LogP contribution >= 0.6 is 0 Å². The summed E-state index contributed by atoms with van der Waals surface area (Å²) in [6.45, 7) is 4.87. The summed E-state index contributed by atoms with van der Waals surface area (Å²) in [6.07, 6.45) is 1.52. The maximum Gasteiger partial charge on any atom is 0.269 e. The van der Waals surface area contributed by atoms with Crippen molar-refractivity contribution in [3.8, 4) is 11.3 Å². The fourth-order valence-corrected chi connectivity index (χ4v) is 3.66. The van der Waals surface area contributed by atoms with Crippen molar-refractivity contribution in [3.63, 3.8) is 0 Å². The number of nitrogens with one attached hydrogen (secondary N) is 1. The third-order valence-electron chi connectivity index (χ3n) is 5.26. The lowest BCUT2D eigenvalue weighted by Gasteiger charge is -2.36. The number of anilines is 1. The van der Waals surface area contributed by atoms with Gasteiger partial charge in [0.15, 0.2) is 0 Å². The Balaban J connectivity index is 1.48. The Morgan fingerprint density at radius 1 is 1.07 bits per heavy atom. The summed E-state index contributed by atoms with van der Waals surface area (Å²) < 4.78 is 0. The summed E-state index contributed by atoms with van der Waals surface area (Å²) in [5, 5.41) is 17.7. The molecule has 1 amide bonds. The lowest BCUT2D eigenvalue weighted by Crippen LogP contribution is -2.49. The number of nitro benzene ring substituents is 1. The van der Waals surface area contributed by atoms with Gasteiger partial charge in [-0.15, -0.1) is 0 Å². The SMILES string of the molecule is Cc1ccccc1N1CCN(C(=O)c2cn[nH]c2-c2ccc([N+](=O)[O-])cc2)CC1. The number of non-ortho nitro benzene ring substituents is 1. The highest BCUT2D eigenvalue weighted by atomic mass is 16.6. The number of H-pyrrole nitrogens is 1. The van der Waals surface area contributed by atoms with Crippen molar-refractivity contribution in [2.75, 3.05) is 31.1 Å². The largest absolute Gasteiger partial charge is 0.368 e. The minimum Gasteiger partial charge on any atom is -0.368 e. The Bertz CT molecular complexity index is 1040. The highest BCUT2D eigenvalue weighted by Gasteiger charge is 2.26. The van der Waals surface area contributed by atoms with Crippen LogP contribution in [0, 0.1) is 17.0 Å². The Morgan fingerprint density at radius 2 is 1.76 bits per heavy atom. The minimum absolute atomic E-state index is 0.00784. The van der Waals surface area contributed by atoms with Crippen LogP contribution in [0.25, 0.3) is 11.3 Å². The summed E-state index contributed by atoms with van der Waals surface area (Å²) in [5.41, 5.74) is 4.18. The van der Waals surface area contributed by atoms with E-state index >= 15 is 0 Å². The lowest BCUT2D eigenvalue weighted by molar-refractivity contribution is -0.384. The number of carbonyl (C=O) groups excluding carboxylic acids is 1. The van der Waals surface area contributed by atoms with Crippen molar-refractivity contribution < 1.29 is 9.72 Å². The number of carbonyl (C=O) groups is 1. The monoisotopic (exact) mass is 391 g/mol. The predicted molar refractivity (Wildman–Crippen MR) is 110 cm³/mol. The highest BCUT2D eigenvalue weighted by molar-refractivity contribution is 6.00. The van der Waals surface area contributed by atoms with E-state index in [9.17, 15) is 14.9 Å². The fraction of sp³-hybridized carbons (Fsp3) is 0.238. The van der Waals surface area contributed by atoms with Crippen molar-refractivity contribution in [2.45, 2.75) is 6.92 Å². The lowest BCUT2D eigenvalue weighted by atomic mass is 10.1.